The molecular weight excluding hydrogens is 346 g/mol. The van der Waals surface area contributed by atoms with Gasteiger partial charge in [0.2, 0.25) is 0 Å². The maximum Gasteiger partial charge on any atom is 0.412 e. The largest absolute Gasteiger partial charge is 0.444 e. The zero-order valence-corrected chi connectivity index (χ0v) is 17.1. The Hall–Kier alpha value is -1.12. The van der Waals surface area contributed by atoms with E-state index in [0.717, 1.165) is 6.26 Å². The maximum atomic E-state index is 12.7. The van der Waals surface area contributed by atoms with Crippen LogP contribution in [-0.4, -0.2) is 56.2 Å². The van der Waals surface area contributed by atoms with Crippen LogP contribution in [0.15, 0.2) is 12.2 Å². The number of hydrogen-bond acceptors (Lipinski definition) is 6. The molecule has 0 aliphatic carbocycles. The summed E-state index contributed by atoms with van der Waals surface area (Å²) in [7, 11) is -3.50. The summed E-state index contributed by atoms with van der Waals surface area (Å²) in [6.45, 7) is 11.3. The van der Waals surface area contributed by atoms with E-state index in [-0.39, 0.29) is 18.6 Å². The van der Waals surface area contributed by atoms with Crippen LogP contribution in [0.5, 0.6) is 0 Å². The van der Waals surface area contributed by atoms with E-state index in [1.807, 2.05) is 53.7 Å². The lowest BCUT2D eigenvalue weighted by molar-refractivity contribution is -0.0640. The lowest BCUT2D eigenvalue weighted by Gasteiger charge is -2.37. The second-order valence-corrected chi connectivity index (χ2v) is 9.32. The fourth-order valence-electron chi connectivity index (χ4n) is 2.81. The van der Waals surface area contributed by atoms with Crippen molar-refractivity contribution in [3.63, 3.8) is 0 Å². The van der Waals surface area contributed by atoms with Gasteiger partial charge in [0.25, 0.3) is 10.1 Å². The van der Waals surface area contributed by atoms with Crippen LogP contribution in [0.3, 0.4) is 0 Å². The fourth-order valence-corrected chi connectivity index (χ4v) is 3.21. The maximum absolute atomic E-state index is 12.7. The summed E-state index contributed by atoms with van der Waals surface area (Å²) in [6.07, 6.45) is 4.84. The Labute approximate surface area is 151 Å². The fraction of sp³-hybridized carbons (Fsp3) is 0.824. The molecule has 1 amide bonds. The molecule has 1 fully saturated rings. The summed E-state index contributed by atoms with van der Waals surface area (Å²) in [5.41, 5.74) is -1.42. The number of rotatable bonds is 6. The Morgan fingerprint density at radius 3 is 2.48 bits per heavy atom. The Morgan fingerprint density at radius 2 is 2.00 bits per heavy atom. The van der Waals surface area contributed by atoms with E-state index in [1.165, 1.54) is 0 Å². The monoisotopic (exact) mass is 377 g/mol. The van der Waals surface area contributed by atoms with Gasteiger partial charge in [-0.3, -0.25) is 9.08 Å². The third-order valence-electron chi connectivity index (χ3n) is 3.79. The lowest BCUT2D eigenvalue weighted by atomic mass is 9.95. The first-order valence-corrected chi connectivity index (χ1v) is 10.2. The second-order valence-electron chi connectivity index (χ2n) is 7.68. The first-order valence-electron chi connectivity index (χ1n) is 8.40. The Kier molecular flexibility index (Phi) is 7.06. The van der Waals surface area contributed by atoms with Crippen LogP contribution in [0.25, 0.3) is 0 Å². The van der Waals surface area contributed by atoms with Gasteiger partial charge in [-0.05, 0) is 48.0 Å². The van der Waals surface area contributed by atoms with E-state index in [9.17, 15) is 13.2 Å². The van der Waals surface area contributed by atoms with Gasteiger partial charge in [-0.25, -0.2) is 4.79 Å². The van der Waals surface area contributed by atoms with Crippen LogP contribution in [0, 0.1) is 5.92 Å². The van der Waals surface area contributed by atoms with Crippen molar-refractivity contribution in [2.75, 3.05) is 19.5 Å². The van der Waals surface area contributed by atoms with E-state index in [0.29, 0.717) is 13.0 Å². The van der Waals surface area contributed by atoms with Gasteiger partial charge < -0.3 is 9.47 Å². The highest BCUT2D eigenvalue weighted by Crippen LogP contribution is 2.34. The van der Waals surface area contributed by atoms with Crippen LogP contribution in [0.4, 0.5) is 4.79 Å². The van der Waals surface area contributed by atoms with Crippen molar-refractivity contribution < 1.29 is 26.9 Å². The minimum atomic E-state index is -3.50. The smallest absolute Gasteiger partial charge is 0.412 e. The highest BCUT2D eigenvalue weighted by molar-refractivity contribution is 7.85. The summed E-state index contributed by atoms with van der Waals surface area (Å²) in [5.74, 6) is -0.110. The molecule has 0 aromatic rings. The summed E-state index contributed by atoms with van der Waals surface area (Å²) in [6, 6.07) is -0.260. The third-order valence-corrected chi connectivity index (χ3v) is 4.39. The molecule has 0 radical (unpaired) electrons. The molecule has 0 aromatic carbocycles. The van der Waals surface area contributed by atoms with Crippen LogP contribution in [0.2, 0.25) is 0 Å². The molecule has 2 atom stereocenters. The van der Waals surface area contributed by atoms with Crippen molar-refractivity contribution in [3.05, 3.63) is 12.2 Å². The average molecular weight is 378 g/mol. The Balaban J connectivity index is 2.96. The van der Waals surface area contributed by atoms with Crippen molar-refractivity contribution in [1.29, 1.82) is 0 Å². The zero-order valence-electron chi connectivity index (χ0n) is 16.2. The van der Waals surface area contributed by atoms with E-state index >= 15 is 0 Å². The first-order chi connectivity index (χ1) is 11.3. The molecule has 0 N–H and O–H groups in total. The quantitative estimate of drug-likeness (QED) is 0.523. The number of nitrogens with zero attached hydrogens (tertiary/aromatic N) is 1. The lowest BCUT2D eigenvalue weighted by Crippen LogP contribution is -2.51. The first kappa shape index (κ1) is 21.9. The molecule has 1 heterocycles. The third kappa shape index (κ3) is 6.95. The predicted molar refractivity (Wildman–Crippen MR) is 95.6 cm³/mol. The van der Waals surface area contributed by atoms with Gasteiger partial charge in [-0.2, -0.15) is 8.42 Å². The molecule has 0 bridgehead atoms. The van der Waals surface area contributed by atoms with Crippen molar-refractivity contribution in [2.24, 2.45) is 5.92 Å². The number of allylic oxidation sites excluding steroid dienone is 1. The molecule has 146 valence electrons. The summed E-state index contributed by atoms with van der Waals surface area (Å²) in [5, 5.41) is 0. The van der Waals surface area contributed by atoms with Crippen LogP contribution < -0.4 is 0 Å². The normalized spacial score (nSPS) is 22.4. The van der Waals surface area contributed by atoms with Gasteiger partial charge in [-0.15, -0.1) is 0 Å². The summed E-state index contributed by atoms with van der Waals surface area (Å²) < 4.78 is 38.5. The standard InChI is InChI=1S/C17H31NO6S/c1-8-9-13(10-11-23-25(7,20)21)14-12-22-17(5,6)18(14)15(19)24-16(2,3)4/h8-9,13-14H,10-12H2,1-7H3/t13-,14?/m1/s1. The minimum Gasteiger partial charge on any atom is -0.444 e. The Morgan fingerprint density at radius 1 is 1.40 bits per heavy atom. The molecule has 25 heavy (non-hydrogen) atoms. The molecule has 1 aliphatic heterocycles. The number of ether oxygens (including phenoxy) is 2. The molecule has 0 saturated carbocycles. The molecule has 1 saturated heterocycles. The van der Waals surface area contributed by atoms with Gasteiger partial charge in [0, 0.05) is 5.92 Å². The molecule has 1 aliphatic rings. The van der Waals surface area contributed by atoms with E-state index < -0.39 is 27.5 Å². The van der Waals surface area contributed by atoms with Gasteiger partial charge in [-0.1, -0.05) is 12.2 Å². The SMILES string of the molecule is CC=C[C@H](CCOS(C)(=O)=O)C1COC(C)(C)N1C(=O)OC(C)(C)C. The Bertz CT molecular complexity index is 591. The van der Waals surface area contributed by atoms with Gasteiger partial charge >= 0.3 is 6.09 Å². The summed E-state index contributed by atoms with van der Waals surface area (Å²) in [4.78, 5) is 14.3. The predicted octanol–water partition coefficient (Wildman–Crippen LogP) is 2.92. The van der Waals surface area contributed by atoms with Crippen molar-refractivity contribution in [2.45, 2.75) is 65.3 Å². The number of hydrogen-bond donors (Lipinski definition) is 0. The highest BCUT2D eigenvalue weighted by atomic mass is 32.2. The molecular formula is C17H31NO6S. The zero-order chi connectivity index (χ0) is 19.5. The van der Waals surface area contributed by atoms with Crippen LogP contribution >= 0.6 is 0 Å². The average Bonchev–Trinajstić information content (AvgIpc) is 2.70. The van der Waals surface area contributed by atoms with E-state index in [1.54, 1.807) is 4.90 Å². The molecule has 0 aromatic heterocycles. The molecule has 1 unspecified atom stereocenters. The van der Waals surface area contributed by atoms with Crippen molar-refractivity contribution >= 4 is 16.2 Å². The molecule has 7 nitrogen and oxygen atoms in total. The number of carbonyl (C=O) groups is 1. The van der Waals surface area contributed by atoms with Crippen LogP contribution in [0.1, 0.15) is 48.0 Å². The topological polar surface area (TPSA) is 82.1 Å². The molecule has 1 rings (SSSR count). The van der Waals surface area contributed by atoms with Gasteiger partial charge in [0.1, 0.15) is 11.3 Å². The van der Waals surface area contributed by atoms with E-state index in [2.05, 4.69) is 0 Å². The van der Waals surface area contributed by atoms with E-state index in [4.69, 9.17) is 13.7 Å². The van der Waals surface area contributed by atoms with Gasteiger partial charge in [0.05, 0.1) is 25.5 Å². The highest BCUT2D eigenvalue weighted by Gasteiger charge is 2.47. The van der Waals surface area contributed by atoms with Crippen molar-refractivity contribution in [1.82, 2.24) is 4.90 Å². The summed E-state index contributed by atoms with van der Waals surface area (Å²) >= 11 is 0. The minimum absolute atomic E-state index is 0.0485. The van der Waals surface area contributed by atoms with Gasteiger partial charge in [0.15, 0.2) is 0 Å². The molecule has 0 spiro atoms. The van der Waals surface area contributed by atoms with Crippen molar-refractivity contribution in [3.8, 4) is 0 Å². The molecule has 8 heteroatoms. The number of carbonyl (C=O) groups excluding carboxylic acids is 1. The van der Waals surface area contributed by atoms with Crippen LogP contribution in [-0.2, 0) is 23.8 Å². The number of amides is 1. The second kappa shape index (κ2) is 8.05.